The van der Waals surface area contributed by atoms with Crippen molar-refractivity contribution in [3.8, 4) is 0 Å². The fraction of sp³-hybridized carbons (Fsp3) is 0.200. The molecule has 3 aromatic rings. The van der Waals surface area contributed by atoms with Gasteiger partial charge in [0.1, 0.15) is 0 Å². The molecule has 0 radical (unpaired) electrons. The van der Waals surface area contributed by atoms with E-state index in [0.29, 0.717) is 0 Å². The Balaban J connectivity index is 1.61. The first-order valence-electron chi connectivity index (χ1n) is 6.22. The lowest BCUT2D eigenvalue weighted by atomic mass is 10.2. The third kappa shape index (κ3) is 3.00. The van der Waals surface area contributed by atoms with E-state index < -0.39 is 0 Å². The number of rotatable bonds is 5. The fourth-order valence-electron chi connectivity index (χ4n) is 2.05. The first-order chi connectivity index (χ1) is 9.34. The van der Waals surface area contributed by atoms with Gasteiger partial charge in [0.2, 0.25) is 0 Å². The van der Waals surface area contributed by atoms with Gasteiger partial charge in [0, 0.05) is 21.5 Å². The van der Waals surface area contributed by atoms with Crippen molar-refractivity contribution >= 4 is 44.4 Å². The lowest BCUT2D eigenvalue weighted by Crippen LogP contribution is -2.15. The summed E-state index contributed by atoms with van der Waals surface area (Å²) in [6.07, 6.45) is 1.08. The quantitative estimate of drug-likeness (QED) is 0.658. The summed E-state index contributed by atoms with van der Waals surface area (Å²) in [6, 6.07) is 10.5. The first-order valence-corrected chi connectivity index (χ1v) is 8.36. The maximum Gasteiger partial charge on any atom is 0.0636 e. The van der Waals surface area contributed by atoms with Gasteiger partial charge in [-0.3, -0.25) is 0 Å². The smallest absolute Gasteiger partial charge is 0.0636 e. The molecule has 0 aliphatic heterocycles. The van der Waals surface area contributed by atoms with Gasteiger partial charge in [-0.05, 0) is 41.4 Å². The zero-order valence-electron chi connectivity index (χ0n) is 10.4. The van der Waals surface area contributed by atoms with Gasteiger partial charge in [-0.2, -0.15) is 11.3 Å². The lowest BCUT2D eigenvalue weighted by Gasteiger charge is -2.02. The van der Waals surface area contributed by atoms with E-state index in [0.717, 1.165) is 24.5 Å². The number of halogens is 1. The zero-order chi connectivity index (χ0) is 13.1. The SMILES string of the molecule is Clc1c(CNCCc2ccsc2)sc2ccccc12. The highest BCUT2D eigenvalue weighted by Crippen LogP contribution is 2.34. The number of nitrogens with one attached hydrogen (secondary N) is 1. The van der Waals surface area contributed by atoms with Crippen molar-refractivity contribution < 1.29 is 0 Å². The molecule has 0 saturated carbocycles. The summed E-state index contributed by atoms with van der Waals surface area (Å²) >= 11 is 9.94. The molecule has 1 nitrogen and oxygen atoms in total. The molecule has 4 heteroatoms. The summed E-state index contributed by atoms with van der Waals surface area (Å²) in [5, 5.41) is 9.87. The van der Waals surface area contributed by atoms with Gasteiger partial charge in [-0.15, -0.1) is 11.3 Å². The minimum Gasteiger partial charge on any atom is -0.311 e. The third-order valence-electron chi connectivity index (χ3n) is 3.06. The van der Waals surface area contributed by atoms with Crippen molar-refractivity contribution in [1.82, 2.24) is 5.32 Å². The molecule has 98 valence electrons. The Bertz CT molecular complexity index is 658. The van der Waals surface area contributed by atoms with E-state index in [1.165, 1.54) is 20.5 Å². The second-order valence-corrected chi connectivity index (χ2v) is 6.69. The van der Waals surface area contributed by atoms with Crippen LogP contribution in [0.1, 0.15) is 10.4 Å². The topological polar surface area (TPSA) is 12.0 Å². The predicted octanol–water partition coefficient (Wildman–Crippen LogP) is 4.95. The Kier molecular flexibility index (Phi) is 4.18. The van der Waals surface area contributed by atoms with Gasteiger partial charge in [0.15, 0.2) is 0 Å². The minimum absolute atomic E-state index is 0.850. The molecule has 0 atom stereocenters. The number of hydrogen-bond donors (Lipinski definition) is 1. The Hall–Kier alpha value is -0.870. The second kappa shape index (κ2) is 6.06. The summed E-state index contributed by atoms with van der Waals surface area (Å²) in [7, 11) is 0. The van der Waals surface area contributed by atoms with Gasteiger partial charge in [-0.1, -0.05) is 29.8 Å². The standard InChI is InChI=1S/C15H14ClNS2/c16-15-12-3-1-2-4-13(12)19-14(15)9-17-7-5-11-6-8-18-10-11/h1-4,6,8,10,17H,5,7,9H2. The van der Waals surface area contributed by atoms with Crippen LogP contribution in [0, 0.1) is 0 Å². The van der Waals surface area contributed by atoms with Crippen LogP contribution in [0.4, 0.5) is 0 Å². The van der Waals surface area contributed by atoms with Crippen molar-refractivity contribution in [3.05, 3.63) is 56.6 Å². The molecule has 0 saturated heterocycles. The number of fused-ring (bicyclic) bond motifs is 1. The Labute approximate surface area is 125 Å². The van der Waals surface area contributed by atoms with Gasteiger partial charge >= 0.3 is 0 Å². The van der Waals surface area contributed by atoms with E-state index in [2.05, 4.69) is 40.3 Å². The van der Waals surface area contributed by atoms with Crippen LogP contribution in [-0.2, 0) is 13.0 Å². The van der Waals surface area contributed by atoms with E-state index in [-0.39, 0.29) is 0 Å². The normalized spacial score (nSPS) is 11.2. The van der Waals surface area contributed by atoms with Crippen LogP contribution in [0.5, 0.6) is 0 Å². The summed E-state index contributed by atoms with van der Waals surface area (Å²) in [4.78, 5) is 1.23. The predicted molar refractivity (Wildman–Crippen MR) is 86.6 cm³/mol. The average Bonchev–Trinajstić information content (AvgIpc) is 3.04. The fourth-order valence-corrected chi connectivity index (χ4v) is 4.22. The number of thiophene rings is 2. The van der Waals surface area contributed by atoms with Crippen molar-refractivity contribution in [2.24, 2.45) is 0 Å². The molecule has 0 aliphatic carbocycles. The molecule has 0 fully saturated rings. The molecule has 3 rings (SSSR count). The molecule has 1 aromatic carbocycles. The monoisotopic (exact) mass is 307 g/mol. The van der Waals surface area contributed by atoms with Gasteiger partial charge in [0.05, 0.1) is 5.02 Å². The maximum absolute atomic E-state index is 6.41. The second-order valence-electron chi connectivity index (χ2n) is 4.39. The van der Waals surface area contributed by atoms with Crippen molar-refractivity contribution in [1.29, 1.82) is 0 Å². The molecule has 0 bridgehead atoms. The van der Waals surface area contributed by atoms with Gasteiger partial charge < -0.3 is 5.32 Å². The summed E-state index contributed by atoms with van der Waals surface area (Å²) in [5.41, 5.74) is 1.40. The van der Waals surface area contributed by atoms with Crippen LogP contribution in [-0.4, -0.2) is 6.54 Å². The summed E-state index contributed by atoms with van der Waals surface area (Å²) in [5.74, 6) is 0. The first kappa shape index (κ1) is 13.1. The molecule has 0 unspecified atom stereocenters. The van der Waals surface area contributed by atoms with Crippen LogP contribution < -0.4 is 5.32 Å². The molecular weight excluding hydrogens is 294 g/mol. The molecule has 1 N–H and O–H groups in total. The van der Waals surface area contributed by atoms with E-state index >= 15 is 0 Å². The van der Waals surface area contributed by atoms with Crippen molar-refractivity contribution in [2.45, 2.75) is 13.0 Å². The van der Waals surface area contributed by atoms with Crippen LogP contribution in [0.15, 0.2) is 41.1 Å². The molecule has 0 aliphatic rings. The highest BCUT2D eigenvalue weighted by Gasteiger charge is 2.08. The Morgan fingerprint density at radius 2 is 2.05 bits per heavy atom. The van der Waals surface area contributed by atoms with E-state index in [9.17, 15) is 0 Å². The highest BCUT2D eigenvalue weighted by molar-refractivity contribution is 7.19. The van der Waals surface area contributed by atoms with E-state index in [4.69, 9.17) is 11.6 Å². The molecule has 2 aromatic heterocycles. The maximum atomic E-state index is 6.41. The largest absolute Gasteiger partial charge is 0.311 e. The van der Waals surface area contributed by atoms with Gasteiger partial charge in [0.25, 0.3) is 0 Å². The third-order valence-corrected chi connectivity index (χ3v) is 5.50. The summed E-state index contributed by atoms with van der Waals surface area (Å²) in [6.45, 7) is 1.84. The molecule has 0 amide bonds. The van der Waals surface area contributed by atoms with Crippen molar-refractivity contribution in [2.75, 3.05) is 6.54 Å². The summed E-state index contributed by atoms with van der Waals surface area (Å²) < 4.78 is 1.27. The molecule has 19 heavy (non-hydrogen) atoms. The average molecular weight is 308 g/mol. The van der Waals surface area contributed by atoms with Crippen LogP contribution in [0.2, 0.25) is 5.02 Å². The van der Waals surface area contributed by atoms with E-state index in [1.807, 2.05) is 6.07 Å². The zero-order valence-corrected chi connectivity index (χ0v) is 12.7. The van der Waals surface area contributed by atoms with E-state index in [1.54, 1.807) is 22.7 Å². The van der Waals surface area contributed by atoms with Crippen molar-refractivity contribution in [3.63, 3.8) is 0 Å². The molecular formula is C15H14ClNS2. The van der Waals surface area contributed by atoms with Crippen LogP contribution in [0.25, 0.3) is 10.1 Å². The van der Waals surface area contributed by atoms with Crippen LogP contribution >= 0.6 is 34.3 Å². The highest BCUT2D eigenvalue weighted by atomic mass is 35.5. The Morgan fingerprint density at radius 1 is 1.16 bits per heavy atom. The molecule has 0 spiro atoms. The number of benzene rings is 1. The minimum atomic E-state index is 0.850. The lowest BCUT2D eigenvalue weighted by molar-refractivity contribution is 0.695. The van der Waals surface area contributed by atoms with Gasteiger partial charge in [-0.25, -0.2) is 0 Å². The van der Waals surface area contributed by atoms with Crippen LogP contribution in [0.3, 0.4) is 0 Å². The Morgan fingerprint density at radius 3 is 2.84 bits per heavy atom. The molecule has 2 heterocycles. The number of hydrogen-bond acceptors (Lipinski definition) is 3.